The van der Waals surface area contributed by atoms with Crippen LogP contribution in [0.3, 0.4) is 0 Å². The largest absolute Gasteiger partial charge is 0.306 e. The Morgan fingerprint density at radius 1 is 1.17 bits per heavy atom. The minimum atomic E-state index is -1.98. The molecule has 1 aliphatic rings. The van der Waals surface area contributed by atoms with Gasteiger partial charge in [-0.25, -0.2) is 8.60 Å². The van der Waals surface area contributed by atoms with E-state index in [1.54, 1.807) is 0 Å². The van der Waals surface area contributed by atoms with Gasteiger partial charge in [0.1, 0.15) is 6.17 Å². The van der Waals surface area contributed by atoms with Crippen LogP contribution in [0, 0.1) is 0 Å². The fourth-order valence-electron chi connectivity index (χ4n) is 1.63. The Morgan fingerprint density at radius 3 is 2.33 bits per heavy atom. The minimum absolute atomic E-state index is 0.455. The van der Waals surface area contributed by atoms with E-state index in [9.17, 15) is 8.60 Å². The predicted octanol–water partition coefficient (Wildman–Crippen LogP) is 2.27. The van der Waals surface area contributed by atoms with Crippen molar-refractivity contribution in [2.75, 3.05) is 0 Å². The zero-order chi connectivity index (χ0) is 8.97. The second kappa shape index (κ2) is 4.92. The molecule has 0 spiro atoms. The van der Waals surface area contributed by atoms with Gasteiger partial charge in [0.2, 0.25) is 0 Å². The molecule has 0 amide bonds. The lowest BCUT2D eigenvalue weighted by atomic mass is 9.99. The van der Waals surface area contributed by atoms with Gasteiger partial charge in [0.05, 0.1) is 5.25 Å². The summed E-state index contributed by atoms with van der Waals surface area (Å²) >= 11 is -1.98. The van der Waals surface area contributed by atoms with E-state index in [4.69, 9.17) is 4.55 Å². The van der Waals surface area contributed by atoms with Crippen LogP contribution in [0.1, 0.15) is 38.5 Å². The average molecular weight is 194 g/mol. The minimum Gasteiger partial charge on any atom is -0.306 e. The summed E-state index contributed by atoms with van der Waals surface area (Å²) in [4.78, 5) is 0. The topological polar surface area (TPSA) is 37.3 Å². The highest BCUT2D eigenvalue weighted by atomic mass is 32.2. The van der Waals surface area contributed by atoms with Crippen LogP contribution in [-0.4, -0.2) is 20.2 Å². The van der Waals surface area contributed by atoms with Crippen LogP contribution in [0.25, 0.3) is 0 Å². The maximum atomic E-state index is 13.2. The number of hydrogen-bond acceptors (Lipinski definition) is 1. The maximum absolute atomic E-state index is 13.2. The van der Waals surface area contributed by atoms with Crippen molar-refractivity contribution >= 4 is 11.1 Å². The molecule has 1 rings (SSSR count). The Kier molecular flexibility index (Phi) is 4.15. The Bertz CT molecular complexity index is 163. The second-order valence-electron chi connectivity index (χ2n) is 3.32. The molecule has 3 atom stereocenters. The highest BCUT2D eigenvalue weighted by Gasteiger charge is 2.26. The van der Waals surface area contributed by atoms with Crippen LogP contribution < -0.4 is 0 Å². The van der Waals surface area contributed by atoms with Crippen molar-refractivity contribution in [2.24, 2.45) is 0 Å². The van der Waals surface area contributed by atoms with Crippen LogP contribution in [0.4, 0.5) is 4.39 Å². The molecule has 1 saturated carbocycles. The molecule has 1 N–H and O–H groups in total. The molecular formula is C8H15FO2S. The third-order valence-corrected chi connectivity index (χ3v) is 3.43. The molecule has 0 aliphatic heterocycles. The van der Waals surface area contributed by atoms with Gasteiger partial charge in [0.25, 0.3) is 0 Å². The SMILES string of the molecule is O=S(O)C1CCCCCCC1F. The van der Waals surface area contributed by atoms with Gasteiger partial charge in [0.15, 0.2) is 11.1 Å². The van der Waals surface area contributed by atoms with Crippen molar-refractivity contribution in [3.63, 3.8) is 0 Å². The fraction of sp³-hybridized carbons (Fsp3) is 1.00. The maximum Gasteiger partial charge on any atom is 0.158 e. The molecule has 0 aromatic heterocycles. The zero-order valence-corrected chi connectivity index (χ0v) is 7.86. The smallest absolute Gasteiger partial charge is 0.158 e. The van der Waals surface area contributed by atoms with Gasteiger partial charge >= 0.3 is 0 Å². The van der Waals surface area contributed by atoms with Crippen LogP contribution in [0.2, 0.25) is 0 Å². The van der Waals surface area contributed by atoms with Crippen LogP contribution in [0.15, 0.2) is 0 Å². The summed E-state index contributed by atoms with van der Waals surface area (Å²) in [5.41, 5.74) is 0. The van der Waals surface area contributed by atoms with Crippen LogP contribution >= 0.6 is 0 Å². The molecule has 0 radical (unpaired) electrons. The number of hydrogen-bond donors (Lipinski definition) is 1. The molecule has 1 aliphatic carbocycles. The first-order valence-electron chi connectivity index (χ1n) is 4.45. The van der Waals surface area contributed by atoms with Crippen molar-refractivity contribution < 1.29 is 13.2 Å². The summed E-state index contributed by atoms with van der Waals surface area (Å²) in [6.07, 6.45) is 3.81. The van der Waals surface area contributed by atoms with Gasteiger partial charge < -0.3 is 4.55 Å². The third-order valence-electron chi connectivity index (χ3n) is 2.38. The van der Waals surface area contributed by atoms with E-state index >= 15 is 0 Å². The first-order valence-corrected chi connectivity index (χ1v) is 5.62. The highest BCUT2D eigenvalue weighted by Crippen LogP contribution is 2.22. The summed E-state index contributed by atoms with van der Waals surface area (Å²) in [7, 11) is 0. The van der Waals surface area contributed by atoms with E-state index in [1.165, 1.54) is 0 Å². The quantitative estimate of drug-likeness (QED) is 0.650. The Morgan fingerprint density at radius 2 is 1.75 bits per heavy atom. The summed E-state index contributed by atoms with van der Waals surface area (Å²) < 4.78 is 32.7. The molecule has 4 heteroatoms. The molecule has 1 fully saturated rings. The van der Waals surface area contributed by atoms with Crippen molar-refractivity contribution in [3.05, 3.63) is 0 Å². The van der Waals surface area contributed by atoms with Crippen LogP contribution in [-0.2, 0) is 11.1 Å². The van der Waals surface area contributed by atoms with Gasteiger partial charge in [-0.2, -0.15) is 0 Å². The van der Waals surface area contributed by atoms with Gasteiger partial charge in [0, 0.05) is 0 Å². The Hall–Kier alpha value is 0.0400. The number of rotatable bonds is 1. The lowest BCUT2D eigenvalue weighted by Crippen LogP contribution is -2.27. The Labute approximate surface area is 74.8 Å². The summed E-state index contributed by atoms with van der Waals surface area (Å²) in [6, 6.07) is 0. The predicted molar refractivity (Wildman–Crippen MR) is 47.2 cm³/mol. The lowest BCUT2D eigenvalue weighted by Gasteiger charge is -2.20. The standard InChI is InChI=1S/C8H15FO2S/c9-7-5-3-1-2-4-6-8(7)12(10)11/h7-8H,1-6H2,(H,10,11). The van der Waals surface area contributed by atoms with E-state index in [2.05, 4.69) is 0 Å². The van der Waals surface area contributed by atoms with Gasteiger partial charge in [-0.15, -0.1) is 0 Å². The molecule has 0 heterocycles. The highest BCUT2D eigenvalue weighted by molar-refractivity contribution is 7.79. The summed E-state index contributed by atoms with van der Waals surface area (Å²) in [6.45, 7) is 0. The van der Waals surface area contributed by atoms with E-state index < -0.39 is 22.5 Å². The molecule has 0 bridgehead atoms. The molecule has 2 nitrogen and oxygen atoms in total. The first-order chi connectivity index (χ1) is 5.72. The zero-order valence-electron chi connectivity index (χ0n) is 7.04. The lowest BCUT2D eigenvalue weighted by molar-refractivity contribution is 0.267. The Balaban J connectivity index is 2.48. The van der Waals surface area contributed by atoms with E-state index in [0.717, 1.165) is 25.7 Å². The van der Waals surface area contributed by atoms with Crippen molar-refractivity contribution in [1.29, 1.82) is 0 Å². The first kappa shape index (κ1) is 10.1. The van der Waals surface area contributed by atoms with E-state index in [0.29, 0.717) is 12.8 Å². The summed E-state index contributed by atoms with van der Waals surface area (Å²) in [5, 5.41) is -0.634. The van der Waals surface area contributed by atoms with Gasteiger partial charge in [-0.1, -0.05) is 25.7 Å². The monoisotopic (exact) mass is 194 g/mol. The number of alkyl halides is 1. The molecule has 12 heavy (non-hydrogen) atoms. The molecule has 0 aromatic rings. The third kappa shape index (κ3) is 2.83. The number of halogens is 1. The normalized spacial score (nSPS) is 35.2. The second-order valence-corrected chi connectivity index (χ2v) is 4.48. The summed E-state index contributed by atoms with van der Waals surface area (Å²) in [5.74, 6) is 0. The van der Waals surface area contributed by atoms with Gasteiger partial charge in [-0.05, 0) is 12.8 Å². The van der Waals surface area contributed by atoms with E-state index in [-0.39, 0.29) is 0 Å². The van der Waals surface area contributed by atoms with Crippen LogP contribution in [0.5, 0.6) is 0 Å². The van der Waals surface area contributed by atoms with Gasteiger partial charge in [-0.3, -0.25) is 0 Å². The van der Waals surface area contributed by atoms with Crippen molar-refractivity contribution in [3.8, 4) is 0 Å². The molecular weight excluding hydrogens is 179 g/mol. The van der Waals surface area contributed by atoms with Crippen molar-refractivity contribution in [2.45, 2.75) is 49.9 Å². The molecule has 72 valence electrons. The average Bonchev–Trinajstić information content (AvgIpc) is 1.96. The molecule has 3 unspecified atom stereocenters. The van der Waals surface area contributed by atoms with Crippen molar-refractivity contribution in [1.82, 2.24) is 0 Å². The fourth-order valence-corrected chi connectivity index (χ4v) is 2.39. The molecule has 0 saturated heterocycles. The van der Waals surface area contributed by atoms with E-state index in [1.807, 2.05) is 0 Å². The molecule has 0 aromatic carbocycles.